The molecule has 3 aromatic carbocycles. The molecule has 0 saturated carbocycles. The lowest BCUT2D eigenvalue weighted by molar-refractivity contribution is -0.128. The molecule has 2 aliphatic heterocycles. The van der Waals surface area contributed by atoms with Gasteiger partial charge in [0.1, 0.15) is 0 Å². The minimum atomic E-state index is -0.473. The van der Waals surface area contributed by atoms with Gasteiger partial charge in [0.05, 0.1) is 6.04 Å². The van der Waals surface area contributed by atoms with Gasteiger partial charge in [0.25, 0.3) is 0 Å². The number of amides is 2. The van der Waals surface area contributed by atoms with Crippen molar-refractivity contribution in [2.24, 2.45) is 5.41 Å². The molecule has 0 fully saturated rings. The largest absolute Gasteiger partial charge is 0.454 e. The first-order valence-corrected chi connectivity index (χ1v) is 13.2. The number of nitrogens with zero attached hydrogens (tertiary/aromatic N) is 1. The van der Waals surface area contributed by atoms with Gasteiger partial charge >= 0.3 is 0 Å². The van der Waals surface area contributed by atoms with Crippen LogP contribution in [0.1, 0.15) is 49.2 Å². The Bertz CT molecular complexity index is 1590. The van der Waals surface area contributed by atoms with Gasteiger partial charge in [0, 0.05) is 40.3 Å². The molecule has 7 heteroatoms. The molecule has 6 rings (SSSR count). The number of hydrogen-bond acceptors (Lipinski definition) is 4. The summed E-state index contributed by atoms with van der Waals surface area (Å²) >= 11 is 0. The summed E-state index contributed by atoms with van der Waals surface area (Å²) in [5.41, 5.74) is 5.43. The third kappa shape index (κ3) is 4.76. The average Bonchev–Trinajstić information content (AvgIpc) is 3.55. The van der Waals surface area contributed by atoms with E-state index < -0.39 is 5.41 Å². The number of rotatable bonds is 4. The molecular weight excluding hydrogens is 490 g/mol. The van der Waals surface area contributed by atoms with E-state index in [1.54, 1.807) is 6.08 Å². The molecular formula is C32H31N3O4. The summed E-state index contributed by atoms with van der Waals surface area (Å²) in [6, 6.07) is 21.4. The topological polar surface area (TPSA) is 83.7 Å². The summed E-state index contributed by atoms with van der Waals surface area (Å²) < 4.78 is 11.2. The summed E-state index contributed by atoms with van der Waals surface area (Å²) in [4.78, 5) is 31.4. The second-order valence-electron chi connectivity index (χ2n) is 11.0. The van der Waals surface area contributed by atoms with Crippen molar-refractivity contribution >= 4 is 34.5 Å². The molecule has 4 aromatic rings. The molecule has 2 N–H and O–H groups in total. The first-order valence-electron chi connectivity index (χ1n) is 13.2. The zero-order valence-corrected chi connectivity index (χ0v) is 22.3. The predicted octanol–water partition coefficient (Wildman–Crippen LogP) is 6.07. The highest BCUT2D eigenvalue weighted by Crippen LogP contribution is 2.42. The van der Waals surface area contributed by atoms with Gasteiger partial charge in [-0.1, -0.05) is 57.2 Å². The van der Waals surface area contributed by atoms with E-state index in [1.165, 1.54) is 10.9 Å². The SMILES string of the molecule is CC(C)(C)C(=O)Nc1ccc(C=CC(=O)N2CCc3c([nH]c4ccccc34)C2c2ccc3c(c2)OCO3)cc1. The Hall–Kier alpha value is -4.52. The molecule has 1 atom stereocenters. The molecule has 3 heterocycles. The van der Waals surface area contributed by atoms with Crippen molar-refractivity contribution in [3.05, 3.63) is 95.2 Å². The number of aromatic amines is 1. The third-order valence-corrected chi connectivity index (χ3v) is 7.30. The Labute approximate surface area is 227 Å². The summed E-state index contributed by atoms with van der Waals surface area (Å²) in [5, 5.41) is 4.12. The zero-order chi connectivity index (χ0) is 27.1. The van der Waals surface area contributed by atoms with E-state index in [4.69, 9.17) is 9.47 Å². The van der Waals surface area contributed by atoms with E-state index in [2.05, 4.69) is 22.4 Å². The number of anilines is 1. The highest BCUT2D eigenvalue weighted by molar-refractivity contribution is 5.95. The fourth-order valence-electron chi connectivity index (χ4n) is 5.17. The van der Waals surface area contributed by atoms with Crippen LogP contribution in [0.3, 0.4) is 0 Å². The highest BCUT2D eigenvalue weighted by atomic mass is 16.7. The van der Waals surface area contributed by atoms with Gasteiger partial charge in [-0.05, 0) is 59.5 Å². The van der Waals surface area contributed by atoms with E-state index >= 15 is 0 Å². The molecule has 2 aliphatic rings. The van der Waals surface area contributed by atoms with Crippen LogP contribution in [0.25, 0.3) is 17.0 Å². The smallest absolute Gasteiger partial charge is 0.247 e. The van der Waals surface area contributed by atoms with E-state index in [1.807, 2.05) is 86.3 Å². The average molecular weight is 522 g/mol. The standard InChI is InChI=1S/C32H31N3O4/c1-32(2,3)31(37)33-22-12-8-20(9-13-22)10-15-28(36)35-17-16-24-23-6-4-5-7-25(23)34-29(24)30(35)21-11-14-26-27(18-21)39-19-38-26/h4-15,18,30,34H,16-17,19H2,1-3H3,(H,33,37). The molecule has 0 radical (unpaired) electrons. The van der Waals surface area contributed by atoms with Crippen molar-refractivity contribution in [2.75, 3.05) is 18.7 Å². The third-order valence-electron chi connectivity index (χ3n) is 7.30. The van der Waals surface area contributed by atoms with Crippen LogP contribution in [0, 0.1) is 5.41 Å². The number of nitrogens with one attached hydrogen (secondary N) is 2. The number of ether oxygens (including phenoxy) is 2. The lowest BCUT2D eigenvalue weighted by atomic mass is 9.92. The normalized spacial score (nSPS) is 16.5. The van der Waals surface area contributed by atoms with Crippen LogP contribution >= 0.6 is 0 Å². The number of hydrogen-bond donors (Lipinski definition) is 2. The number of para-hydroxylation sites is 1. The highest BCUT2D eigenvalue weighted by Gasteiger charge is 2.34. The van der Waals surface area contributed by atoms with E-state index in [0.717, 1.165) is 34.4 Å². The molecule has 2 amide bonds. The van der Waals surface area contributed by atoms with Crippen molar-refractivity contribution in [1.29, 1.82) is 0 Å². The Morgan fingerprint density at radius 2 is 1.77 bits per heavy atom. The second-order valence-corrected chi connectivity index (χ2v) is 11.0. The van der Waals surface area contributed by atoms with Gasteiger partial charge in [0.2, 0.25) is 18.6 Å². The van der Waals surface area contributed by atoms with Crippen molar-refractivity contribution < 1.29 is 19.1 Å². The fourth-order valence-corrected chi connectivity index (χ4v) is 5.17. The second kappa shape index (κ2) is 9.66. The first kappa shape index (κ1) is 24.8. The summed E-state index contributed by atoms with van der Waals surface area (Å²) in [5.74, 6) is 1.28. The lowest BCUT2D eigenvalue weighted by Gasteiger charge is -2.35. The van der Waals surface area contributed by atoms with Crippen LogP contribution in [0.2, 0.25) is 0 Å². The summed E-state index contributed by atoms with van der Waals surface area (Å²) in [6.07, 6.45) is 4.20. The van der Waals surface area contributed by atoms with Crippen LogP contribution in [-0.2, 0) is 16.0 Å². The van der Waals surface area contributed by atoms with Gasteiger partial charge in [-0.2, -0.15) is 0 Å². The molecule has 198 valence electrons. The zero-order valence-electron chi connectivity index (χ0n) is 22.3. The van der Waals surface area contributed by atoms with E-state index in [0.29, 0.717) is 18.0 Å². The maximum Gasteiger partial charge on any atom is 0.247 e. The molecule has 0 saturated heterocycles. The Balaban J connectivity index is 1.28. The quantitative estimate of drug-likeness (QED) is 0.320. The van der Waals surface area contributed by atoms with Gasteiger partial charge in [-0.15, -0.1) is 0 Å². The maximum atomic E-state index is 13.6. The molecule has 1 aromatic heterocycles. The predicted molar refractivity (Wildman–Crippen MR) is 152 cm³/mol. The van der Waals surface area contributed by atoms with Gasteiger partial charge in [-0.25, -0.2) is 0 Å². The number of carbonyl (C=O) groups is 2. The van der Waals surface area contributed by atoms with Gasteiger partial charge in [0.15, 0.2) is 11.5 Å². The number of carbonyl (C=O) groups excluding carboxylic acids is 2. The van der Waals surface area contributed by atoms with Crippen molar-refractivity contribution in [3.8, 4) is 11.5 Å². The minimum Gasteiger partial charge on any atom is -0.454 e. The maximum absolute atomic E-state index is 13.6. The van der Waals surface area contributed by atoms with Gasteiger partial charge < -0.3 is 24.7 Å². The van der Waals surface area contributed by atoms with E-state index in [-0.39, 0.29) is 24.6 Å². The number of H-pyrrole nitrogens is 1. The van der Waals surface area contributed by atoms with Gasteiger partial charge in [-0.3, -0.25) is 9.59 Å². The molecule has 0 aliphatic carbocycles. The van der Waals surface area contributed by atoms with Crippen LogP contribution in [0.4, 0.5) is 5.69 Å². The monoisotopic (exact) mass is 521 g/mol. The summed E-state index contributed by atoms with van der Waals surface area (Å²) in [6.45, 7) is 6.42. The van der Waals surface area contributed by atoms with Crippen molar-refractivity contribution in [3.63, 3.8) is 0 Å². The molecule has 1 unspecified atom stereocenters. The Morgan fingerprint density at radius 3 is 2.56 bits per heavy atom. The Kier molecular flexibility index (Phi) is 6.14. The van der Waals surface area contributed by atoms with Crippen molar-refractivity contribution in [1.82, 2.24) is 9.88 Å². The Morgan fingerprint density at radius 1 is 1.00 bits per heavy atom. The first-order chi connectivity index (χ1) is 18.8. The van der Waals surface area contributed by atoms with Crippen LogP contribution in [0.5, 0.6) is 11.5 Å². The van der Waals surface area contributed by atoms with Crippen LogP contribution in [-0.4, -0.2) is 35.0 Å². The lowest BCUT2D eigenvalue weighted by Crippen LogP contribution is -2.39. The van der Waals surface area contributed by atoms with Crippen LogP contribution in [0.15, 0.2) is 72.8 Å². The fraction of sp³-hybridized carbons (Fsp3) is 0.250. The van der Waals surface area contributed by atoms with E-state index in [9.17, 15) is 9.59 Å². The minimum absolute atomic E-state index is 0.0445. The van der Waals surface area contributed by atoms with Crippen LogP contribution < -0.4 is 14.8 Å². The number of aromatic nitrogens is 1. The number of benzene rings is 3. The number of fused-ring (bicyclic) bond motifs is 4. The molecule has 0 spiro atoms. The molecule has 39 heavy (non-hydrogen) atoms. The molecule has 7 nitrogen and oxygen atoms in total. The summed E-state index contributed by atoms with van der Waals surface area (Å²) in [7, 11) is 0. The molecule has 0 bridgehead atoms. The van der Waals surface area contributed by atoms with Crippen molar-refractivity contribution in [2.45, 2.75) is 33.2 Å².